The average Bonchev–Trinajstić information content (AvgIpc) is 2.63. The number of hydrogen-bond acceptors (Lipinski definition) is 4. The predicted molar refractivity (Wildman–Crippen MR) is 77.7 cm³/mol. The van der Waals surface area contributed by atoms with Crippen LogP contribution in [0.4, 0.5) is 4.79 Å². The van der Waals surface area contributed by atoms with Gasteiger partial charge >= 0.3 is 6.03 Å². The Morgan fingerprint density at radius 3 is 2.37 bits per heavy atom. The van der Waals surface area contributed by atoms with Crippen molar-refractivity contribution in [3.63, 3.8) is 0 Å². The molecule has 1 N–H and O–H groups in total. The summed E-state index contributed by atoms with van der Waals surface area (Å²) in [6.45, 7) is 6.10. The Morgan fingerprint density at radius 1 is 1.16 bits per heavy atom. The molecule has 0 spiro atoms. The first-order chi connectivity index (χ1) is 8.24. The summed E-state index contributed by atoms with van der Waals surface area (Å²) in [6.07, 6.45) is 1.99. The van der Waals surface area contributed by atoms with Crippen molar-refractivity contribution in [3.05, 3.63) is 0 Å². The van der Waals surface area contributed by atoms with Crippen LogP contribution in [0, 0.1) is 0 Å². The first-order valence-electron chi connectivity index (χ1n) is 6.31. The van der Waals surface area contributed by atoms with E-state index in [1.165, 1.54) is 5.01 Å². The van der Waals surface area contributed by atoms with E-state index in [-0.39, 0.29) is 43.3 Å². The number of unbranched alkanes of at least 4 members (excludes halogenated alkanes) is 1. The second-order valence-electron chi connectivity index (χ2n) is 4.47. The number of rotatable bonds is 4. The highest BCUT2D eigenvalue weighted by Crippen LogP contribution is 2.14. The number of halogens is 2. The van der Waals surface area contributed by atoms with Gasteiger partial charge in [-0.25, -0.2) is 9.80 Å². The molecular weight excluding hydrogens is 291 g/mol. The molecule has 2 aliphatic heterocycles. The van der Waals surface area contributed by atoms with E-state index in [1.54, 1.807) is 4.90 Å². The zero-order valence-electron chi connectivity index (χ0n) is 11.1. The number of hydrogen-bond donors (Lipinski definition) is 1. The molecule has 0 aromatic rings. The molecular formula is C11H22Cl2N4O2. The minimum absolute atomic E-state index is 0. The molecule has 2 rings (SSSR count). The third kappa shape index (κ3) is 4.21. The van der Waals surface area contributed by atoms with E-state index in [0.717, 1.165) is 39.0 Å². The van der Waals surface area contributed by atoms with Crippen molar-refractivity contribution in [2.24, 2.45) is 0 Å². The summed E-state index contributed by atoms with van der Waals surface area (Å²) in [4.78, 5) is 25.6. The van der Waals surface area contributed by atoms with Crippen LogP contribution in [0.25, 0.3) is 0 Å². The molecule has 0 saturated carbocycles. The van der Waals surface area contributed by atoms with Crippen molar-refractivity contribution in [1.29, 1.82) is 0 Å². The molecule has 0 bridgehead atoms. The Balaban J connectivity index is 0.00000162. The summed E-state index contributed by atoms with van der Waals surface area (Å²) >= 11 is 0. The van der Waals surface area contributed by atoms with Gasteiger partial charge in [0.1, 0.15) is 6.54 Å². The molecule has 0 aromatic heterocycles. The van der Waals surface area contributed by atoms with Gasteiger partial charge in [0.25, 0.3) is 5.91 Å². The highest BCUT2D eigenvalue weighted by atomic mass is 35.5. The standard InChI is InChI=1S/C11H20N4O2.2ClH/c1-2-3-6-13-9-10(16)15(11(13)17)14-7-4-12-5-8-14;;/h12H,2-9H2,1H3;2*1H. The van der Waals surface area contributed by atoms with Crippen LogP contribution in [0.2, 0.25) is 0 Å². The number of nitrogens with zero attached hydrogens (tertiary/aromatic N) is 3. The Kier molecular flexibility index (Phi) is 8.33. The van der Waals surface area contributed by atoms with E-state index in [1.807, 2.05) is 5.01 Å². The lowest BCUT2D eigenvalue weighted by atomic mass is 10.3. The minimum atomic E-state index is -0.148. The molecule has 0 aromatic carbocycles. The summed E-state index contributed by atoms with van der Waals surface area (Å²) < 4.78 is 0. The van der Waals surface area contributed by atoms with Crippen LogP contribution < -0.4 is 5.32 Å². The number of amides is 3. The second kappa shape index (κ2) is 8.58. The largest absolute Gasteiger partial charge is 0.342 e. The van der Waals surface area contributed by atoms with E-state index >= 15 is 0 Å². The molecule has 2 fully saturated rings. The van der Waals surface area contributed by atoms with Gasteiger partial charge in [-0.2, -0.15) is 5.01 Å². The molecule has 0 unspecified atom stereocenters. The molecule has 2 saturated heterocycles. The molecule has 2 aliphatic rings. The first kappa shape index (κ1) is 18.4. The molecule has 8 heteroatoms. The average molecular weight is 313 g/mol. The van der Waals surface area contributed by atoms with Crippen LogP contribution in [0.5, 0.6) is 0 Å². The van der Waals surface area contributed by atoms with Crippen LogP contribution in [-0.2, 0) is 4.79 Å². The maximum atomic E-state index is 12.1. The van der Waals surface area contributed by atoms with Gasteiger partial charge in [0.2, 0.25) is 0 Å². The summed E-state index contributed by atoms with van der Waals surface area (Å²) in [5.74, 6) is -0.0898. The van der Waals surface area contributed by atoms with Gasteiger partial charge in [0, 0.05) is 32.7 Å². The highest BCUT2D eigenvalue weighted by Gasteiger charge is 2.39. The van der Waals surface area contributed by atoms with Gasteiger partial charge in [-0.15, -0.1) is 24.8 Å². The zero-order chi connectivity index (χ0) is 12.3. The first-order valence-corrected chi connectivity index (χ1v) is 6.31. The number of hydrazine groups is 1. The molecule has 3 amide bonds. The lowest BCUT2D eigenvalue weighted by Gasteiger charge is -2.33. The topological polar surface area (TPSA) is 55.9 Å². The van der Waals surface area contributed by atoms with Crippen LogP contribution in [0.3, 0.4) is 0 Å². The Labute approximate surface area is 126 Å². The van der Waals surface area contributed by atoms with Crippen molar-refractivity contribution in [1.82, 2.24) is 20.2 Å². The van der Waals surface area contributed by atoms with Crippen molar-refractivity contribution < 1.29 is 9.59 Å². The zero-order valence-corrected chi connectivity index (χ0v) is 12.8. The van der Waals surface area contributed by atoms with Gasteiger partial charge in [0.05, 0.1) is 0 Å². The Hall–Kier alpha value is -0.560. The smallest absolute Gasteiger partial charge is 0.314 e. The normalized spacial score (nSPS) is 20.3. The van der Waals surface area contributed by atoms with Crippen molar-refractivity contribution in [2.45, 2.75) is 19.8 Å². The maximum Gasteiger partial charge on any atom is 0.342 e. The van der Waals surface area contributed by atoms with Crippen LogP contribution in [-0.4, -0.2) is 66.1 Å². The lowest BCUT2D eigenvalue weighted by Crippen LogP contribution is -2.54. The molecule has 0 radical (unpaired) electrons. The van der Waals surface area contributed by atoms with Crippen LogP contribution in [0.1, 0.15) is 19.8 Å². The van der Waals surface area contributed by atoms with Crippen LogP contribution >= 0.6 is 24.8 Å². The predicted octanol–water partition coefficient (Wildman–Crippen LogP) is 0.714. The molecule has 19 heavy (non-hydrogen) atoms. The number of nitrogens with one attached hydrogen (secondary N) is 1. The quantitative estimate of drug-likeness (QED) is 0.777. The van der Waals surface area contributed by atoms with Crippen LogP contribution in [0.15, 0.2) is 0 Å². The molecule has 2 heterocycles. The second-order valence-corrected chi connectivity index (χ2v) is 4.47. The Bertz CT molecular complexity index is 311. The van der Waals surface area contributed by atoms with E-state index < -0.39 is 0 Å². The van der Waals surface area contributed by atoms with Gasteiger partial charge < -0.3 is 10.2 Å². The summed E-state index contributed by atoms with van der Waals surface area (Å²) in [5.41, 5.74) is 0. The monoisotopic (exact) mass is 312 g/mol. The fraction of sp³-hybridized carbons (Fsp3) is 0.818. The van der Waals surface area contributed by atoms with E-state index in [2.05, 4.69) is 12.2 Å². The molecule has 6 nitrogen and oxygen atoms in total. The highest BCUT2D eigenvalue weighted by molar-refractivity contribution is 6.01. The minimum Gasteiger partial charge on any atom is -0.314 e. The van der Waals surface area contributed by atoms with Crippen molar-refractivity contribution in [2.75, 3.05) is 39.3 Å². The fourth-order valence-corrected chi connectivity index (χ4v) is 2.19. The molecule has 0 aliphatic carbocycles. The third-order valence-electron chi connectivity index (χ3n) is 3.17. The number of imide groups is 1. The van der Waals surface area contributed by atoms with E-state index in [9.17, 15) is 9.59 Å². The fourth-order valence-electron chi connectivity index (χ4n) is 2.19. The van der Waals surface area contributed by atoms with Crippen molar-refractivity contribution >= 4 is 36.8 Å². The third-order valence-corrected chi connectivity index (χ3v) is 3.17. The Morgan fingerprint density at radius 2 is 1.79 bits per heavy atom. The number of carbonyl (C=O) groups excluding carboxylic acids is 2. The summed E-state index contributed by atoms with van der Waals surface area (Å²) in [7, 11) is 0. The summed E-state index contributed by atoms with van der Waals surface area (Å²) in [5, 5.41) is 6.39. The van der Waals surface area contributed by atoms with Gasteiger partial charge in [-0.3, -0.25) is 4.79 Å². The number of urea groups is 1. The number of piperazine rings is 1. The van der Waals surface area contributed by atoms with Crippen molar-refractivity contribution in [3.8, 4) is 0 Å². The lowest BCUT2D eigenvalue weighted by molar-refractivity contribution is -0.137. The molecule has 0 atom stereocenters. The van der Waals surface area contributed by atoms with Gasteiger partial charge in [-0.05, 0) is 6.42 Å². The molecule has 112 valence electrons. The van der Waals surface area contributed by atoms with Gasteiger partial charge in [-0.1, -0.05) is 13.3 Å². The van der Waals surface area contributed by atoms with E-state index in [4.69, 9.17) is 0 Å². The maximum absolute atomic E-state index is 12.1. The summed E-state index contributed by atoms with van der Waals surface area (Å²) in [6, 6.07) is -0.148. The van der Waals surface area contributed by atoms with Gasteiger partial charge in [0.15, 0.2) is 0 Å². The number of carbonyl (C=O) groups is 2. The SMILES string of the molecule is CCCCN1CC(=O)N(N2CCNCC2)C1=O.Cl.Cl. The van der Waals surface area contributed by atoms with E-state index in [0.29, 0.717) is 6.54 Å².